The van der Waals surface area contributed by atoms with Crippen molar-refractivity contribution in [2.45, 2.75) is 0 Å². The van der Waals surface area contributed by atoms with Crippen molar-refractivity contribution in [1.29, 1.82) is 0 Å². The number of anilines is 1. The number of pyridine rings is 1. The van der Waals surface area contributed by atoms with E-state index in [-0.39, 0.29) is 5.91 Å². The maximum atomic E-state index is 12.1. The molecule has 0 unspecified atom stereocenters. The van der Waals surface area contributed by atoms with Crippen LogP contribution in [0.5, 0.6) is 0 Å². The Morgan fingerprint density at radius 2 is 2.06 bits per heavy atom. The molecule has 0 bridgehead atoms. The normalized spacial score (nSPS) is 9.47. The quantitative estimate of drug-likeness (QED) is 0.761. The summed E-state index contributed by atoms with van der Waals surface area (Å²) < 4.78 is 0. The van der Waals surface area contributed by atoms with E-state index in [1.807, 2.05) is 6.07 Å². The van der Waals surface area contributed by atoms with E-state index in [9.17, 15) is 4.79 Å². The molecule has 0 aliphatic heterocycles. The van der Waals surface area contributed by atoms with Crippen LogP contribution in [0, 0.1) is 0 Å². The molecule has 4 heteroatoms. The number of rotatable bonds is 6. The van der Waals surface area contributed by atoms with E-state index >= 15 is 0 Å². The predicted molar refractivity (Wildman–Crippen MR) is 70.1 cm³/mol. The zero-order valence-electron chi connectivity index (χ0n) is 10.0. The van der Waals surface area contributed by atoms with Gasteiger partial charge in [0.1, 0.15) is 11.5 Å². The Hall–Kier alpha value is -2.10. The van der Waals surface area contributed by atoms with Crippen LogP contribution in [-0.4, -0.2) is 35.9 Å². The number of hydrogen-bond acceptors (Lipinski definition) is 3. The van der Waals surface area contributed by atoms with Crippen molar-refractivity contribution in [3.05, 3.63) is 49.2 Å². The number of nitrogens with one attached hydrogen (secondary N) is 1. The second-order valence-electron chi connectivity index (χ2n) is 3.45. The van der Waals surface area contributed by atoms with Gasteiger partial charge in [-0.1, -0.05) is 18.2 Å². The van der Waals surface area contributed by atoms with Crippen LogP contribution in [0.1, 0.15) is 10.5 Å². The molecule has 0 spiro atoms. The highest BCUT2D eigenvalue weighted by Crippen LogP contribution is 2.07. The average Bonchev–Trinajstić information content (AvgIpc) is 2.38. The topological polar surface area (TPSA) is 45.2 Å². The lowest BCUT2D eigenvalue weighted by Crippen LogP contribution is -2.32. The highest BCUT2D eigenvalue weighted by molar-refractivity contribution is 5.92. The molecule has 0 saturated carbocycles. The molecular formula is C13H17N3O. The first-order valence-electron chi connectivity index (χ1n) is 5.38. The molecule has 17 heavy (non-hydrogen) atoms. The summed E-state index contributed by atoms with van der Waals surface area (Å²) in [5, 5.41) is 2.90. The summed E-state index contributed by atoms with van der Waals surface area (Å²) in [5.41, 5.74) is 0.417. The van der Waals surface area contributed by atoms with E-state index in [4.69, 9.17) is 0 Å². The summed E-state index contributed by atoms with van der Waals surface area (Å²) in [7, 11) is 1.77. The molecule has 90 valence electrons. The highest BCUT2D eigenvalue weighted by atomic mass is 16.2. The van der Waals surface area contributed by atoms with Gasteiger partial charge >= 0.3 is 0 Å². The molecule has 4 nitrogen and oxygen atoms in total. The monoisotopic (exact) mass is 231 g/mol. The minimum absolute atomic E-state index is 0.123. The van der Waals surface area contributed by atoms with E-state index < -0.39 is 0 Å². The number of carbonyl (C=O) groups is 1. The predicted octanol–water partition coefficient (Wildman–Crippen LogP) is 1.94. The van der Waals surface area contributed by atoms with Crippen molar-refractivity contribution in [3.63, 3.8) is 0 Å². The highest BCUT2D eigenvalue weighted by Gasteiger charge is 2.14. The smallest absolute Gasteiger partial charge is 0.273 e. The molecule has 1 rings (SSSR count). The number of aromatic nitrogens is 1. The Balaban J connectivity index is 2.91. The minimum Gasteiger partial charge on any atom is -0.373 e. The van der Waals surface area contributed by atoms with E-state index in [0.29, 0.717) is 24.6 Å². The average molecular weight is 231 g/mol. The molecule has 1 aromatic rings. The Kier molecular flexibility index (Phi) is 4.94. The molecule has 0 atom stereocenters. The van der Waals surface area contributed by atoms with Gasteiger partial charge in [0.25, 0.3) is 5.91 Å². The van der Waals surface area contributed by atoms with Gasteiger partial charge in [-0.15, -0.1) is 13.2 Å². The maximum Gasteiger partial charge on any atom is 0.273 e. The maximum absolute atomic E-state index is 12.1. The van der Waals surface area contributed by atoms with Gasteiger partial charge in [-0.3, -0.25) is 4.79 Å². The van der Waals surface area contributed by atoms with Gasteiger partial charge in [-0.25, -0.2) is 4.98 Å². The molecule has 1 amide bonds. The van der Waals surface area contributed by atoms with Crippen molar-refractivity contribution < 1.29 is 4.79 Å². The summed E-state index contributed by atoms with van der Waals surface area (Å²) >= 11 is 0. The van der Waals surface area contributed by atoms with Crippen LogP contribution in [-0.2, 0) is 0 Å². The van der Waals surface area contributed by atoms with Gasteiger partial charge in [-0.2, -0.15) is 0 Å². The van der Waals surface area contributed by atoms with Gasteiger partial charge in [0.05, 0.1) is 0 Å². The zero-order chi connectivity index (χ0) is 12.7. The molecule has 0 fully saturated rings. The lowest BCUT2D eigenvalue weighted by atomic mass is 10.3. The molecule has 0 radical (unpaired) electrons. The summed E-state index contributed by atoms with van der Waals surface area (Å²) in [6.45, 7) is 8.23. The van der Waals surface area contributed by atoms with E-state index in [1.54, 1.807) is 36.2 Å². The Bertz CT molecular complexity index is 405. The third-order valence-electron chi connectivity index (χ3n) is 2.21. The molecule has 0 saturated heterocycles. The Morgan fingerprint density at radius 3 is 2.59 bits per heavy atom. The zero-order valence-corrected chi connectivity index (χ0v) is 10.0. The third-order valence-corrected chi connectivity index (χ3v) is 2.21. The molecule has 1 aromatic heterocycles. The van der Waals surface area contributed by atoms with E-state index in [0.717, 1.165) is 0 Å². The van der Waals surface area contributed by atoms with Crippen LogP contribution >= 0.6 is 0 Å². The molecule has 1 heterocycles. The third kappa shape index (κ3) is 3.45. The largest absolute Gasteiger partial charge is 0.373 e. The first-order valence-corrected chi connectivity index (χ1v) is 5.38. The van der Waals surface area contributed by atoms with Crippen LogP contribution in [0.25, 0.3) is 0 Å². The van der Waals surface area contributed by atoms with E-state index in [2.05, 4.69) is 23.5 Å². The van der Waals surface area contributed by atoms with Gasteiger partial charge < -0.3 is 10.2 Å². The second kappa shape index (κ2) is 6.48. The number of hydrogen-bond donors (Lipinski definition) is 1. The Morgan fingerprint density at radius 1 is 1.41 bits per heavy atom. The summed E-state index contributed by atoms with van der Waals surface area (Å²) in [5.74, 6) is 0.551. The summed E-state index contributed by atoms with van der Waals surface area (Å²) in [4.78, 5) is 18.0. The molecule has 1 N–H and O–H groups in total. The second-order valence-corrected chi connectivity index (χ2v) is 3.45. The van der Waals surface area contributed by atoms with Crippen molar-refractivity contribution in [2.75, 3.05) is 25.5 Å². The van der Waals surface area contributed by atoms with Crippen LogP contribution < -0.4 is 5.32 Å². The molecule has 0 aliphatic rings. The number of amides is 1. The minimum atomic E-state index is -0.123. The van der Waals surface area contributed by atoms with E-state index in [1.165, 1.54) is 0 Å². The van der Waals surface area contributed by atoms with Gasteiger partial charge in [0.15, 0.2) is 0 Å². The first kappa shape index (κ1) is 13.0. The number of carbonyl (C=O) groups excluding carboxylic acids is 1. The Labute approximate surface area is 102 Å². The van der Waals surface area contributed by atoms with Gasteiger partial charge in [0.2, 0.25) is 0 Å². The molecule has 0 aromatic carbocycles. The fraction of sp³-hybridized carbons (Fsp3) is 0.231. The molecular weight excluding hydrogens is 214 g/mol. The van der Waals surface area contributed by atoms with Crippen LogP contribution in [0.3, 0.4) is 0 Å². The van der Waals surface area contributed by atoms with Gasteiger partial charge in [0, 0.05) is 20.1 Å². The van der Waals surface area contributed by atoms with Crippen molar-refractivity contribution in [2.24, 2.45) is 0 Å². The number of nitrogens with zero attached hydrogens (tertiary/aromatic N) is 2. The van der Waals surface area contributed by atoms with Gasteiger partial charge in [-0.05, 0) is 12.1 Å². The van der Waals surface area contributed by atoms with Crippen molar-refractivity contribution in [1.82, 2.24) is 9.88 Å². The van der Waals surface area contributed by atoms with Crippen molar-refractivity contribution in [3.8, 4) is 0 Å². The molecule has 0 aliphatic carbocycles. The van der Waals surface area contributed by atoms with Crippen molar-refractivity contribution >= 4 is 11.7 Å². The fourth-order valence-electron chi connectivity index (χ4n) is 1.41. The van der Waals surface area contributed by atoms with Crippen LogP contribution in [0.2, 0.25) is 0 Å². The van der Waals surface area contributed by atoms with Crippen LogP contribution in [0.4, 0.5) is 5.82 Å². The summed E-state index contributed by atoms with van der Waals surface area (Å²) in [6, 6.07) is 5.30. The van der Waals surface area contributed by atoms with Crippen LogP contribution in [0.15, 0.2) is 43.5 Å². The first-order chi connectivity index (χ1) is 8.22. The lowest BCUT2D eigenvalue weighted by Gasteiger charge is -2.18. The fourth-order valence-corrected chi connectivity index (χ4v) is 1.41. The SMILES string of the molecule is C=CCN(CC=C)C(=O)c1cccc(NC)n1. The summed E-state index contributed by atoms with van der Waals surface area (Å²) in [6.07, 6.45) is 3.37. The standard InChI is InChI=1S/C13H17N3O/c1-4-9-16(10-5-2)13(17)11-7-6-8-12(14-3)15-11/h4-8H,1-2,9-10H2,3H3,(H,14,15). The lowest BCUT2D eigenvalue weighted by molar-refractivity contribution is 0.0785.